The minimum absolute atomic E-state index is 0.105. The SMILES string of the molecule is CC1(C)[C@@H]2CC[C@@]1(C)C(=NCC1CCCCC1)/C2=N/O. The molecular formula is C17H28N2O. The van der Waals surface area contributed by atoms with Crippen LogP contribution in [0, 0.1) is 22.7 Å². The molecule has 3 aliphatic carbocycles. The lowest BCUT2D eigenvalue weighted by Gasteiger charge is -2.34. The lowest BCUT2D eigenvalue weighted by molar-refractivity contribution is 0.206. The predicted molar refractivity (Wildman–Crippen MR) is 82.7 cm³/mol. The van der Waals surface area contributed by atoms with Crippen molar-refractivity contribution in [2.75, 3.05) is 6.54 Å². The van der Waals surface area contributed by atoms with Crippen molar-refractivity contribution in [1.29, 1.82) is 0 Å². The number of hydrogen-bond acceptors (Lipinski definition) is 3. The standard InChI is InChI=1S/C17H28N2O/c1-16(2)13-9-10-17(16,3)15(14(13)19-20)18-11-12-7-5-4-6-8-12/h12-13,20H,4-11H2,1-3H3/b18-15?,19-14+/t13-,17+/m1/s1. The van der Waals surface area contributed by atoms with E-state index in [9.17, 15) is 5.21 Å². The Bertz CT molecular complexity index is 446. The molecule has 0 saturated heterocycles. The van der Waals surface area contributed by atoms with Crippen LogP contribution in [0.15, 0.2) is 10.1 Å². The minimum Gasteiger partial charge on any atom is -0.411 e. The maximum absolute atomic E-state index is 9.45. The summed E-state index contributed by atoms with van der Waals surface area (Å²) in [6, 6.07) is 0. The fraction of sp³-hybridized carbons (Fsp3) is 0.882. The first-order chi connectivity index (χ1) is 9.50. The van der Waals surface area contributed by atoms with Crippen molar-refractivity contribution in [1.82, 2.24) is 0 Å². The van der Waals surface area contributed by atoms with Gasteiger partial charge < -0.3 is 5.21 Å². The van der Waals surface area contributed by atoms with Crippen LogP contribution in [-0.4, -0.2) is 23.2 Å². The number of nitrogens with zero attached hydrogens (tertiary/aromatic N) is 2. The molecule has 0 amide bonds. The van der Waals surface area contributed by atoms with E-state index in [-0.39, 0.29) is 10.8 Å². The highest BCUT2D eigenvalue weighted by Gasteiger charge is 2.63. The molecule has 20 heavy (non-hydrogen) atoms. The molecule has 3 heteroatoms. The third-order valence-corrected chi connectivity index (χ3v) is 6.66. The smallest absolute Gasteiger partial charge is 0.105 e. The monoisotopic (exact) mass is 276 g/mol. The maximum atomic E-state index is 9.45. The van der Waals surface area contributed by atoms with Crippen molar-refractivity contribution in [3.63, 3.8) is 0 Å². The summed E-state index contributed by atoms with van der Waals surface area (Å²) in [5.41, 5.74) is 2.29. The Labute approximate surface area is 122 Å². The van der Waals surface area contributed by atoms with Gasteiger partial charge in [0.25, 0.3) is 0 Å². The summed E-state index contributed by atoms with van der Waals surface area (Å²) < 4.78 is 0. The van der Waals surface area contributed by atoms with Gasteiger partial charge in [-0.25, -0.2) is 0 Å². The lowest BCUT2D eigenvalue weighted by atomic mass is 9.70. The lowest BCUT2D eigenvalue weighted by Crippen LogP contribution is -2.34. The van der Waals surface area contributed by atoms with Crippen molar-refractivity contribution in [3.8, 4) is 0 Å². The van der Waals surface area contributed by atoms with Crippen molar-refractivity contribution < 1.29 is 5.21 Å². The van der Waals surface area contributed by atoms with Crippen molar-refractivity contribution in [2.45, 2.75) is 65.7 Å². The number of hydrogen-bond donors (Lipinski definition) is 1. The van der Waals surface area contributed by atoms with Gasteiger partial charge in [0, 0.05) is 17.9 Å². The Hall–Kier alpha value is -0.860. The summed E-state index contributed by atoms with van der Waals surface area (Å²) >= 11 is 0. The summed E-state index contributed by atoms with van der Waals surface area (Å²) in [7, 11) is 0. The molecule has 0 spiro atoms. The van der Waals surface area contributed by atoms with Crippen LogP contribution in [0.2, 0.25) is 0 Å². The third kappa shape index (κ3) is 1.85. The van der Waals surface area contributed by atoms with Gasteiger partial charge in [-0.15, -0.1) is 0 Å². The van der Waals surface area contributed by atoms with Gasteiger partial charge in [0.1, 0.15) is 5.71 Å². The van der Waals surface area contributed by atoms with Crippen molar-refractivity contribution in [2.24, 2.45) is 32.8 Å². The molecule has 3 nitrogen and oxygen atoms in total. The number of oxime groups is 1. The molecule has 0 aromatic carbocycles. The Morgan fingerprint density at radius 1 is 1.10 bits per heavy atom. The molecule has 112 valence electrons. The summed E-state index contributed by atoms with van der Waals surface area (Å²) in [4.78, 5) is 4.98. The van der Waals surface area contributed by atoms with E-state index in [2.05, 4.69) is 25.9 Å². The highest BCUT2D eigenvalue weighted by Crippen LogP contribution is 2.62. The molecule has 3 saturated carbocycles. The molecule has 0 heterocycles. The molecule has 2 bridgehead atoms. The van der Waals surface area contributed by atoms with E-state index in [0.717, 1.165) is 30.3 Å². The number of fused-ring (bicyclic) bond motifs is 2. The van der Waals surface area contributed by atoms with Gasteiger partial charge in [-0.1, -0.05) is 45.2 Å². The maximum Gasteiger partial charge on any atom is 0.105 e. The number of aliphatic imine (C=N–C) groups is 1. The zero-order valence-corrected chi connectivity index (χ0v) is 13.2. The van der Waals surface area contributed by atoms with E-state index in [1.54, 1.807) is 0 Å². The Morgan fingerprint density at radius 3 is 2.45 bits per heavy atom. The highest BCUT2D eigenvalue weighted by molar-refractivity contribution is 6.47. The largest absolute Gasteiger partial charge is 0.411 e. The molecule has 0 aliphatic heterocycles. The summed E-state index contributed by atoms with van der Waals surface area (Å²) in [6.07, 6.45) is 9.10. The first kappa shape index (κ1) is 14.1. The van der Waals surface area contributed by atoms with E-state index in [0.29, 0.717) is 5.92 Å². The van der Waals surface area contributed by atoms with Crippen LogP contribution in [0.4, 0.5) is 0 Å². The van der Waals surface area contributed by atoms with E-state index in [1.165, 1.54) is 38.5 Å². The van der Waals surface area contributed by atoms with Crippen LogP contribution in [0.1, 0.15) is 65.7 Å². The van der Waals surface area contributed by atoms with Crippen LogP contribution >= 0.6 is 0 Å². The first-order valence-electron chi connectivity index (χ1n) is 8.28. The summed E-state index contributed by atoms with van der Waals surface area (Å²) in [5, 5.41) is 13.1. The second-order valence-electron chi connectivity index (χ2n) is 7.82. The summed E-state index contributed by atoms with van der Waals surface area (Å²) in [6.45, 7) is 7.90. The molecule has 3 aliphatic rings. The second kappa shape index (κ2) is 4.85. The Balaban J connectivity index is 1.84. The van der Waals surface area contributed by atoms with Gasteiger partial charge in [-0.3, -0.25) is 4.99 Å². The van der Waals surface area contributed by atoms with Crippen LogP contribution in [0.5, 0.6) is 0 Å². The van der Waals surface area contributed by atoms with Gasteiger partial charge in [-0.05, 0) is 37.0 Å². The van der Waals surface area contributed by atoms with Crippen molar-refractivity contribution >= 4 is 11.4 Å². The van der Waals surface area contributed by atoms with Crippen LogP contribution < -0.4 is 0 Å². The number of rotatable bonds is 2. The Kier molecular flexibility index (Phi) is 3.42. The molecule has 0 radical (unpaired) electrons. The van der Waals surface area contributed by atoms with Gasteiger partial charge in [0.2, 0.25) is 0 Å². The molecule has 0 aromatic rings. The van der Waals surface area contributed by atoms with E-state index in [1.807, 2.05) is 0 Å². The fourth-order valence-electron chi connectivity index (χ4n) is 4.81. The van der Waals surface area contributed by atoms with Crippen LogP contribution in [-0.2, 0) is 0 Å². The second-order valence-corrected chi connectivity index (χ2v) is 7.82. The van der Waals surface area contributed by atoms with Gasteiger partial charge in [0.15, 0.2) is 0 Å². The zero-order chi connectivity index (χ0) is 14.4. The zero-order valence-electron chi connectivity index (χ0n) is 13.2. The Morgan fingerprint density at radius 2 is 1.80 bits per heavy atom. The first-order valence-corrected chi connectivity index (χ1v) is 8.28. The summed E-state index contributed by atoms with van der Waals surface area (Å²) in [5.74, 6) is 1.14. The average Bonchev–Trinajstić information content (AvgIpc) is 2.77. The molecular weight excluding hydrogens is 248 g/mol. The minimum atomic E-state index is 0.105. The van der Waals surface area contributed by atoms with Crippen molar-refractivity contribution in [3.05, 3.63) is 0 Å². The average molecular weight is 276 g/mol. The molecule has 3 rings (SSSR count). The molecule has 2 atom stereocenters. The van der Waals surface area contributed by atoms with Crippen LogP contribution in [0.25, 0.3) is 0 Å². The van der Waals surface area contributed by atoms with Gasteiger partial charge >= 0.3 is 0 Å². The van der Waals surface area contributed by atoms with E-state index in [4.69, 9.17) is 4.99 Å². The molecule has 1 N–H and O–H groups in total. The molecule has 0 unspecified atom stereocenters. The predicted octanol–water partition coefficient (Wildman–Crippen LogP) is 4.29. The topological polar surface area (TPSA) is 45.0 Å². The molecule has 0 aromatic heterocycles. The fourth-order valence-corrected chi connectivity index (χ4v) is 4.81. The van der Waals surface area contributed by atoms with E-state index >= 15 is 0 Å². The normalized spacial score (nSPS) is 40.9. The van der Waals surface area contributed by atoms with Gasteiger partial charge in [0.05, 0.1) is 5.71 Å². The van der Waals surface area contributed by atoms with Gasteiger partial charge in [-0.2, -0.15) is 0 Å². The molecule has 3 fully saturated rings. The highest BCUT2D eigenvalue weighted by atomic mass is 16.4. The van der Waals surface area contributed by atoms with Crippen LogP contribution in [0.3, 0.4) is 0 Å². The third-order valence-electron chi connectivity index (χ3n) is 6.66. The quantitative estimate of drug-likeness (QED) is 0.593. The van der Waals surface area contributed by atoms with E-state index < -0.39 is 0 Å².